The van der Waals surface area contributed by atoms with Crippen LogP contribution in [-0.4, -0.2) is 26.5 Å². The summed E-state index contributed by atoms with van der Waals surface area (Å²) < 4.78 is 14.0. The summed E-state index contributed by atoms with van der Waals surface area (Å²) in [6.45, 7) is 29.1. The number of aromatic amines is 2. The number of benzene rings is 10. The molecule has 0 unspecified atom stereocenters. The van der Waals surface area contributed by atoms with E-state index in [9.17, 15) is 10.2 Å². The van der Waals surface area contributed by atoms with Crippen LogP contribution in [0, 0.1) is 0 Å². The molecule has 0 amide bonds. The monoisotopic (exact) mass is 1150 g/mol. The van der Waals surface area contributed by atoms with Crippen molar-refractivity contribution < 1.29 is 19.7 Å². The molecule has 2 heterocycles. The van der Waals surface area contributed by atoms with Crippen molar-refractivity contribution in [1.29, 1.82) is 0 Å². The largest absolute Gasteiger partial charge is 0.507 e. The summed E-state index contributed by atoms with van der Waals surface area (Å²) in [5.41, 5.74) is 19.7. The van der Waals surface area contributed by atoms with Gasteiger partial charge in [-0.3, -0.25) is 0 Å². The van der Waals surface area contributed by atoms with Crippen LogP contribution in [0.15, 0.2) is 194 Å². The standard InChI is InChI=1S/C81H82N2O4/c1-14-73(86-71-37-31-51(41-53(71)39-49-23-17-15-18-24-49)59-27-21-29-61(76(59)84)65-45-57(80(8,9)10)47-67-63-43-55(78(2,3)4)33-35-69(63)82-74(65)67)87-72-38-32-52(42-54(72)40-50-25-19-16-20-26-50)60-28-22-30-62(77(60)85)66-46-58(81(11,12)13)48-68-64-44-56(79(5,6)7)34-36-70(64)83-75(66)68/h15-38,41-48,73,82-85H,14,39-40H2,1-13H3. The van der Waals surface area contributed by atoms with Gasteiger partial charge in [-0.2, -0.15) is 0 Å². The van der Waals surface area contributed by atoms with Gasteiger partial charge in [-0.15, -0.1) is 0 Å². The molecule has 6 heteroatoms. The Balaban J connectivity index is 0.903. The lowest BCUT2D eigenvalue weighted by molar-refractivity contribution is 0.00206. The van der Waals surface area contributed by atoms with Crippen LogP contribution >= 0.6 is 0 Å². The maximum absolute atomic E-state index is 12.6. The molecule has 87 heavy (non-hydrogen) atoms. The molecule has 2 aromatic heterocycles. The zero-order chi connectivity index (χ0) is 61.3. The molecule has 0 atom stereocenters. The Morgan fingerprint density at radius 2 is 0.724 bits per heavy atom. The highest BCUT2D eigenvalue weighted by atomic mass is 16.7. The van der Waals surface area contributed by atoms with Gasteiger partial charge < -0.3 is 29.7 Å². The molecule has 0 spiro atoms. The second-order valence-electron chi connectivity index (χ2n) is 28.1. The lowest BCUT2D eigenvalue weighted by atomic mass is 9.83. The molecule has 0 fully saturated rings. The van der Waals surface area contributed by atoms with Crippen molar-refractivity contribution in [2.24, 2.45) is 0 Å². The van der Waals surface area contributed by atoms with Crippen molar-refractivity contribution in [3.63, 3.8) is 0 Å². The van der Waals surface area contributed by atoms with Crippen molar-refractivity contribution in [1.82, 2.24) is 9.97 Å². The van der Waals surface area contributed by atoms with Gasteiger partial charge >= 0.3 is 0 Å². The molecule has 4 N–H and O–H groups in total. The highest BCUT2D eigenvalue weighted by Gasteiger charge is 2.27. The molecule has 440 valence electrons. The van der Waals surface area contributed by atoms with Crippen LogP contribution in [0.25, 0.3) is 88.1 Å². The van der Waals surface area contributed by atoms with Gasteiger partial charge in [-0.25, -0.2) is 0 Å². The first kappa shape index (κ1) is 58.4. The number of aromatic hydroxyl groups is 2. The second-order valence-corrected chi connectivity index (χ2v) is 28.1. The number of phenols is 2. The zero-order valence-corrected chi connectivity index (χ0v) is 52.9. The Hall–Kier alpha value is -9.00. The number of para-hydroxylation sites is 2. The van der Waals surface area contributed by atoms with E-state index in [0.29, 0.717) is 30.8 Å². The Bertz CT molecular complexity index is 4260. The first-order chi connectivity index (χ1) is 41.4. The second kappa shape index (κ2) is 22.4. The zero-order valence-electron chi connectivity index (χ0n) is 52.9. The Kier molecular flexibility index (Phi) is 15.0. The molecule has 0 aliphatic rings. The third-order valence-corrected chi connectivity index (χ3v) is 17.6. The number of fused-ring (bicyclic) bond motifs is 6. The lowest BCUT2D eigenvalue weighted by Crippen LogP contribution is -2.24. The minimum absolute atomic E-state index is 0.00795. The first-order valence-electron chi connectivity index (χ1n) is 30.9. The van der Waals surface area contributed by atoms with Crippen molar-refractivity contribution in [3.05, 3.63) is 239 Å². The van der Waals surface area contributed by atoms with Gasteiger partial charge in [0.2, 0.25) is 6.29 Å². The average molecular weight is 1150 g/mol. The summed E-state index contributed by atoms with van der Waals surface area (Å²) in [4.78, 5) is 7.55. The van der Waals surface area contributed by atoms with Gasteiger partial charge in [0.1, 0.15) is 23.0 Å². The van der Waals surface area contributed by atoms with Gasteiger partial charge in [-0.1, -0.05) is 211 Å². The quantitative estimate of drug-likeness (QED) is 0.0866. The van der Waals surface area contributed by atoms with Crippen LogP contribution < -0.4 is 9.47 Å². The molecule has 12 rings (SSSR count). The van der Waals surface area contributed by atoms with Crippen LogP contribution in [-0.2, 0) is 34.5 Å². The lowest BCUT2D eigenvalue weighted by Gasteiger charge is -2.24. The summed E-state index contributed by atoms with van der Waals surface area (Å²) in [6.07, 6.45) is 1.11. The van der Waals surface area contributed by atoms with E-state index >= 15 is 0 Å². The highest BCUT2D eigenvalue weighted by Crippen LogP contribution is 2.48. The summed E-state index contributed by atoms with van der Waals surface area (Å²) in [7, 11) is 0. The van der Waals surface area contributed by atoms with Crippen LogP contribution in [0.4, 0.5) is 0 Å². The van der Waals surface area contributed by atoms with E-state index in [1.807, 2.05) is 48.5 Å². The molecule has 0 aliphatic carbocycles. The number of hydrogen-bond acceptors (Lipinski definition) is 4. The van der Waals surface area contributed by atoms with E-state index in [0.717, 1.165) is 99.6 Å². The number of hydrogen-bond donors (Lipinski definition) is 4. The summed E-state index contributed by atoms with van der Waals surface area (Å²) >= 11 is 0. The molecule has 0 aliphatic heterocycles. The van der Waals surface area contributed by atoms with Crippen LogP contribution in [0.3, 0.4) is 0 Å². The summed E-state index contributed by atoms with van der Waals surface area (Å²) in [6, 6.07) is 68.2. The van der Waals surface area contributed by atoms with E-state index in [2.05, 4.69) is 246 Å². The Labute approximate surface area is 513 Å². The highest BCUT2D eigenvalue weighted by molar-refractivity contribution is 6.14. The van der Waals surface area contributed by atoms with Gasteiger partial charge in [0.25, 0.3) is 0 Å². The maximum atomic E-state index is 12.6. The van der Waals surface area contributed by atoms with Crippen LogP contribution in [0.2, 0.25) is 0 Å². The Morgan fingerprint density at radius 1 is 0.356 bits per heavy atom. The normalized spacial score (nSPS) is 12.5. The number of aromatic nitrogens is 2. The third-order valence-electron chi connectivity index (χ3n) is 17.6. The molecular formula is C81H82N2O4. The molecule has 10 aromatic carbocycles. The van der Waals surface area contributed by atoms with Gasteiger partial charge in [0, 0.05) is 85.2 Å². The van der Waals surface area contributed by atoms with Crippen molar-refractivity contribution in [2.75, 3.05) is 0 Å². The number of ether oxygens (including phenoxy) is 2. The molecule has 12 aromatic rings. The Morgan fingerprint density at radius 3 is 1.09 bits per heavy atom. The topological polar surface area (TPSA) is 90.5 Å². The molecule has 0 radical (unpaired) electrons. The van der Waals surface area contributed by atoms with Crippen molar-refractivity contribution in [2.45, 2.75) is 137 Å². The summed E-state index contributed by atoms with van der Waals surface area (Å²) in [5.74, 6) is 1.85. The average Bonchev–Trinajstić information content (AvgIpc) is 2.07. The molecule has 0 saturated carbocycles. The van der Waals surface area contributed by atoms with E-state index < -0.39 is 6.29 Å². The molecule has 0 bridgehead atoms. The van der Waals surface area contributed by atoms with E-state index in [4.69, 9.17) is 9.47 Å². The van der Waals surface area contributed by atoms with E-state index in [1.165, 1.54) is 33.0 Å². The SMILES string of the molecule is CCC(Oc1ccc(-c2cccc(-c3cc(C(C)(C)C)cc4c3[nH]c3ccc(C(C)(C)C)cc34)c2O)cc1Cc1ccccc1)Oc1ccc(-c2cccc(-c3cc(C(C)(C)C)cc4c3[nH]c3ccc(C(C)(C)C)cc34)c2O)cc1Cc1ccccc1. The first-order valence-corrected chi connectivity index (χ1v) is 30.9. The third kappa shape index (κ3) is 11.6. The molecule has 6 nitrogen and oxygen atoms in total. The van der Waals surface area contributed by atoms with E-state index in [-0.39, 0.29) is 33.2 Å². The van der Waals surface area contributed by atoms with Crippen LogP contribution in [0.5, 0.6) is 23.0 Å². The van der Waals surface area contributed by atoms with E-state index in [1.54, 1.807) is 0 Å². The maximum Gasteiger partial charge on any atom is 0.240 e. The minimum Gasteiger partial charge on any atom is -0.507 e. The van der Waals surface area contributed by atoms with Crippen molar-refractivity contribution >= 4 is 43.6 Å². The van der Waals surface area contributed by atoms with Crippen LogP contribution in [0.1, 0.15) is 141 Å². The van der Waals surface area contributed by atoms with Gasteiger partial charge in [0.05, 0.1) is 11.0 Å². The smallest absolute Gasteiger partial charge is 0.240 e. The predicted octanol–water partition coefficient (Wildman–Crippen LogP) is 21.6. The summed E-state index contributed by atoms with van der Waals surface area (Å²) in [5, 5.41) is 29.9. The molecular weight excluding hydrogens is 1060 g/mol. The van der Waals surface area contributed by atoms with Crippen molar-refractivity contribution in [3.8, 4) is 67.5 Å². The fourth-order valence-electron chi connectivity index (χ4n) is 12.3. The molecule has 0 saturated heterocycles. The number of H-pyrrole nitrogens is 2. The number of rotatable bonds is 13. The minimum atomic E-state index is -0.652. The number of phenolic OH excluding ortho intramolecular Hbond substituents is 2. The number of nitrogens with one attached hydrogen (secondary N) is 2. The van der Waals surface area contributed by atoms with Gasteiger partial charge in [0.15, 0.2) is 0 Å². The van der Waals surface area contributed by atoms with Gasteiger partial charge in [-0.05, 0) is 150 Å². The fourth-order valence-corrected chi connectivity index (χ4v) is 12.3. The fraction of sp³-hybridized carbons (Fsp3) is 0.259. The predicted molar refractivity (Wildman–Crippen MR) is 365 cm³/mol.